The molecule has 0 aromatic heterocycles. The minimum Gasteiger partial charge on any atom is -0.508 e. The Hall–Kier alpha value is -0.700. The van der Waals surface area contributed by atoms with Crippen molar-refractivity contribution in [1.29, 1.82) is 0 Å². The largest absolute Gasteiger partial charge is 0.508 e. The lowest BCUT2D eigenvalue weighted by Gasteiger charge is -2.20. The Morgan fingerprint density at radius 1 is 1.00 bits per heavy atom. The summed E-state index contributed by atoms with van der Waals surface area (Å²) < 4.78 is 0. The molecule has 0 aliphatic heterocycles. The lowest BCUT2D eigenvalue weighted by molar-refractivity contribution is 0.420. The van der Waals surface area contributed by atoms with E-state index >= 15 is 0 Å². The standard InChI is InChI=1S/C15H23BrO2/c1-11(6-4-3-5-7-16)12(2)13-8-14(17)10-15(18)9-13/h8-12,17-18H,3-7H2,1-2H3. The van der Waals surface area contributed by atoms with Crippen molar-refractivity contribution in [2.24, 2.45) is 5.92 Å². The van der Waals surface area contributed by atoms with Gasteiger partial charge in [-0.05, 0) is 36.0 Å². The molecule has 2 atom stereocenters. The number of hydrogen-bond donors (Lipinski definition) is 2. The number of phenolic OH excluding ortho intramolecular Hbond substituents is 2. The SMILES string of the molecule is CC(CCCCCBr)C(C)c1cc(O)cc(O)c1. The first-order valence-electron chi connectivity index (χ1n) is 6.63. The third kappa shape index (κ3) is 4.89. The summed E-state index contributed by atoms with van der Waals surface area (Å²) in [6.07, 6.45) is 4.91. The van der Waals surface area contributed by atoms with Crippen molar-refractivity contribution >= 4 is 15.9 Å². The van der Waals surface area contributed by atoms with Gasteiger partial charge in [0.05, 0.1) is 0 Å². The van der Waals surface area contributed by atoms with Crippen molar-refractivity contribution in [1.82, 2.24) is 0 Å². The molecule has 0 aliphatic carbocycles. The van der Waals surface area contributed by atoms with Crippen LogP contribution in [0.5, 0.6) is 11.5 Å². The number of aromatic hydroxyl groups is 2. The van der Waals surface area contributed by atoms with Crippen molar-refractivity contribution in [3.05, 3.63) is 23.8 Å². The molecule has 3 heteroatoms. The Balaban J connectivity index is 2.54. The van der Waals surface area contributed by atoms with E-state index in [1.165, 1.54) is 31.7 Å². The quantitative estimate of drug-likeness (QED) is 0.561. The molecular formula is C15H23BrO2. The van der Waals surface area contributed by atoms with Gasteiger partial charge in [-0.15, -0.1) is 0 Å². The molecule has 0 spiro atoms. The van der Waals surface area contributed by atoms with Crippen LogP contribution in [0.1, 0.15) is 51.0 Å². The molecule has 0 fully saturated rings. The van der Waals surface area contributed by atoms with Gasteiger partial charge in [0, 0.05) is 11.4 Å². The number of alkyl halides is 1. The zero-order valence-corrected chi connectivity index (χ0v) is 12.8. The molecule has 2 nitrogen and oxygen atoms in total. The van der Waals surface area contributed by atoms with Crippen LogP contribution in [0, 0.1) is 5.92 Å². The van der Waals surface area contributed by atoms with Gasteiger partial charge >= 0.3 is 0 Å². The summed E-state index contributed by atoms with van der Waals surface area (Å²) >= 11 is 3.44. The van der Waals surface area contributed by atoms with E-state index < -0.39 is 0 Å². The van der Waals surface area contributed by atoms with Crippen LogP contribution in [0.4, 0.5) is 0 Å². The second-order valence-corrected chi connectivity index (χ2v) is 5.88. The monoisotopic (exact) mass is 314 g/mol. The maximum Gasteiger partial charge on any atom is 0.119 e. The summed E-state index contributed by atoms with van der Waals surface area (Å²) in [6, 6.07) is 4.87. The second kappa shape index (κ2) is 7.67. The zero-order valence-electron chi connectivity index (χ0n) is 11.2. The van der Waals surface area contributed by atoms with Gasteiger partial charge in [-0.2, -0.15) is 0 Å². The number of rotatable bonds is 7. The fourth-order valence-electron chi connectivity index (χ4n) is 2.20. The molecule has 0 saturated carbocycles. The number of benzene rings is 1. The predicted molar refractivity (Wildman–Crippen MR) is 79.6 cm³/mol. The summed E-state index contributed by atoms with van der Waals surface area (Å²) in [6.45, 7) is 4.39. The van der Waals surface area contributed by atoms with Crippen LogP contribution in [-0.2, 0) is 0 Å². The van der Waals surface area contributed by atoms with E-state index in [0.717, 1.165) is 10.9 Å². The van der Waals surface area contributed by atoms with Crippen molar-refractivity contribution in [2.75, 3.05) is 5.33 Å². The number of unbranched alkanes of at least 4 members (excludes halogenated alkanes) is 2. The molecule has 1 aromatic rings. The van der Waals surface area contributed by atoms with E-state index in [4.69, 9.17) is 0 Å². The van der Waals surface area contributed by atoms with E-state index in [9.17, 15) is 10.2 Å². The lowest BCUT2D eigenvalue weighted by Crippen LogP contribution is -2.06. The van der Waals surface area contributed by atoms with Crippen molar-refractivity contribution in [3.63, 3.8) is 0 Å². The topological polar surface area (TPSA) is 40.5 Å². The molecule has 0 heterocycles. The van der Waals surface area contributed by atoms with Gasteiger partial charge in [-0.25, -0.2) is 0 Å². The third-order valence-corrected chi connectivity index (χ3v) is 4.16. The average molecular weight is 315 g/mol. The normalized spacial score (nSPS) is 14.4. The maximum atomic E-state index is 9.51. The van der Waals surface area contributed by atoms with Crippen LogP contribution in [0.2, 0.25) is 0 Å². The Morgan fingerprint density at radius 3 is 2.17 bits per heavy atom. The molecule has 0 aliphatic rings. The first-order chi connectivity index (χ1) is 8.54. The molecule has 0 amide bonds. The van der Waals surface area contributed by atoms with Gasteiger partial charge < -0.3 is 10.2 Å². The highest BCUT2D eigenvalue weighted by molar-refractivity contribution is 9.09. The molecule has 1 rings (SSSR count). The molecule has 102 valence electrons. The highest BCUT2D eigenvalue weighted by Crippen LogP contribution is 2.32. The molecule has 18 heavy (non-hydrogen) atoms. The first kappa shape index (κ1) is 15.4. The van der Waals surface area contributed by atoms with Crippen molar-refractivity contribution in [2.45, 2.75) is 45.4 Å². The number of halogens is 1. The van der Waals surface area contributed by atoms with Crippen LogP contribution in [0.15, 0.2) is 18.2 Å². The Bertz CT molecular complexity index is 345. The molecule has 1 aromatic carbocycles. The highest BCUT2D eigenvalue weighted by Gasteiger charge is 2.15. The predicted octanol–water partition coefficient (Wildman–Crippen LogP) is 4.79. The molecular weight excluding hydrogens is 292 g/mol. The van der Waals surface area contributed by atoms with Crippen LogP contribution in [0.3, 0.4) is 0 Å². The van der Waals surface area contributed by atoms with Crippen LogP contribution in [-0.4, -0.2) is 15.5 Å². The molecule has 0 bridgehead atoms. The highest BCUT2D eigenvalue weighted by atomic mass is 79.9. The van der Waals surface area contributed by atoms with E-state index in [-0.39, 0.29) is 11.5 Å². The Morgan fingerprint density at radius 2 is 1.61 bits per heavy atom. The molecule has 2 unspecified atom stereocenters. The van der Waals surface area contributed by atoms with Crippen molar-refractivity contribution in [3.8, 4) is 11.5 Å². The van der Waals surface area contributed by atoms with E-state index in [2.05, 4.69) is 29.8 Å². The molecule has 2 N–H and O–H groups in total. The smallest absolute Gasteiger partial charge is 0.119 e. The zero-order chi connectivity index (χ0) is 13.5. The third-order valence-electron chi connectivity index (χ3n) is 3.60. The minimum absolute atomic E-state index is 0.142. The van der Waals surface area contributed by atoms with E-state index in [1.807, 2.05) is 0 Å². The van der Waals surface area contributed by atoms with Gasteiger partial charge in [-0.3, -0.25) is 0 Å². The summed E-state index contributed by atoms with van der Waals surface area (Å²) in [5.74, 6) is 1.19. The second-order valence-electron chi connectivity index (χ2n) is 5.09. The van der Waals surface area contributed by atoms with E-state index in [0.29, 0.717) is 11.8 Å². The Kier molecular flexibility index (Phi) is 6.55. The van der Waals surface area contributed by atoms with Crippen LogP contribution >= 0.6 is 15.9 Å². The summed E-state index contributed by atoms with van der Waals surface area (Å²) in [5, 5.41) is 20.1. The lowest BCUT2D eigenvalue weighted by atomic mass is 9.85. The number of hydrogen-bond acceptors (Lipinski definition) is 2. The Labute approximate surface area is 118 Å². The molecule has 0 radical (unpaired) electrons. The fourth-order valence-corrected chi connectivity index (χ4v) is 2.59. The average Bonchev–Trinajstić information content (AvgIpc) is 2.32. The maximum absolute atomic E-state index is 9.51. The molecule has 0 saturated heterocycles. The number of phenols is 2. The van der Waals surface area contributed by atoms with Gasteiger partial charge in [0.25, 0.3) is 0 Å². The van der Waals surface area contributed by atoms with Crippen molar-refractivity contribution < 1.29 is 10.2 Å². The van der Waals surface area contributed by atoms with Gasteiger partial charge in [0.2, 0.25) is 0 Å². The first-order valence-corrected chi connectivity index (χ1v) is 7.75. The summed E-state index contributed by atoms with van der Waals surface area (Å²) in [7, 11) is 0. The van der Waals surface area contributed by atoms with Crippen LogP contribution < -0.4 is 0 Å². The van der Waals surface area contributed by atoms with Gasteiger partial charge in [0.1, 0.15) is 11.5 Å². The van der Waals surface area contributed by atoms with Gasteiger partial charge in [0.15, 0.2) is 0 Å². The van der Waals surface area contributed by atoms with E-state index in [1.54, 1.807) is 12.1 Å². The fraction of sp³-hybridized carbons (Fsp3) is 0.600. The van der Waals surface area contributed by atoms with Crippen LogP contribution in [0.25, 0.3) is 0 Å². The van der Waals surface area contributed by atoms with Gasteiger partial charge in [-0.1, -0.05) is 49.0 Å². The summed E-state index contributed by atoms with van der Waals surface area (Å²) in [5.41, 5.74) is 1.01. The summed E-state index contributed by atoms with van der Waals surface area (Å²) in [4.78, 5) is 0. The minimum atomic E-state index is 0.142.